The highest BCUT2D eigenvalue weighted by Gasteiger charge is 2.38. The van der Waals surface area contributed by atoms with Gasteiger partial charge in [-0.15, -0.1) is 0 Å². The Labute approximate surface area is 228 Å². The molecule has 0 bridgehead atoms. The zero-order valence-corrected chi connectivity index (χ0v) is 22.0. The summed E-state index contributed by atoms with van der Waals surface area (Å²) in [5, 5.41) is 0. The van der Waals surface area contributed by atoms with Crippen molar-refractivity contribution in [2.45, 2.75) is 6.92 Å². The SMILES string of the molecule is CCOc1cc(C=O)ccc1OC(=O)c1cc(OC)c2c(c1-c1c(C(=O)OC)cc(OC)c3c1OCO3)OCO2. The molecule has 2 aliphatic heterocycles. The fourth-order valence-electron chi connectivity index (χ4n) is 4.41. The van der Waals surface area contributed by atoms with E-state index in [-0.39, 0.29) is 88.4 Å². The Hall–Kier alpha value is -5.13. The van der Waals surface area contributed by atoms with Gasteiger partial charge in [0.1, 0.15) is 6.29 Å². The predicted octanol–water partition coefficient (Wildman–Crippen LogP) is 4.05. The van der Waals surface area contributed by atoms with Crippen molar-refractivity contribution in [2.24, 2.45) is 0 Å². The second kappa shape index (κ2) is 10.9. The summed E-state index contributed by atoms with van der Waals surface area (Å²) in [6.07, 6.45) is 0.648. The Kier molecular flexibility index (Phi) is 7.23. The van der Waals surface area contributed by atoms with Gasteiger partial charge >= 0.3 is 11.9 Å². The topological polar surface area (TPSA) is 134 Å². The number of carbonyl (C=O) groups is 3. The van der Waals surface area contributed by atoms with Gasteiger partial charge < -0.3 is 42.6 Å². The molecule has 2 aliphatic rings. The van der Waals surface area contributed by atoms with Crippen molar-refractivity contribution in [1.29, 1.82) is 0 Å². The molecule has 0 radical (unpaired) electrons. The fourth-order valence-corrected chi connectivity index (χ4v) is 4.41. The number of carbonyl (C=O) groups excluding carboxylic acids is 3. The third-order valence-corrected chi connectivity index (χ3v) is 6.14. The Bertz CT molecular complexity index is 1510. The minimum absolute atomic E-state index is 0.00542. The molecule has 12 heteroatoms. The van der Waals surface area contributed by atoms with Gasteiger partial charge in [-0.25, -0.2) is 9.59 Å². The van der Waals surface area contributed by atoms with Crippen LogP contribution in [0, 0.1) is 0 Å². The van der Waals surface area contributed by atoms with Crippen LogP contribution in [0.4, 0.5) is 0 Å². The molecule has 40 heavy (non-hydrogen) atoms. The molecule has 0 saturated carbocycles. The Balaban J connectivity index is 1.76. The van der Waals surface area contributed by atoms with E-state index in [1.807, 2.05) is 0 Å². The molecule has 0 amide bonds. The van der Waals surface area contributed by atoms with E-state index < -0.39 is 11.9 Å². The maximum Gasteiger partial charge on any atom is 0.344 e. The molecule has 0 saturated heterocycles. The zero-order valence-electron chi connectivity index (χ0n) is 22.0. The third-order valence-electron chi connectivity index (χ3n) is 6.14. The first-order valence-corrected chi connectivity index (χ1v) is 12.0. The van der Waals surface area contributed by atoms with Crippen LogP contribution in [0.25, 0.3) is 11.1 Å². The van der Waals surface area contributed by atoms with Gasteiger partial charge in [-0.1, -0.05) is 0 Å². The molecule has 3 aromatic rings. The lowest BCUT2D eigenvalue weighted by molar-refractivity contribution is 0.0599. The van der Waals surface area contributed by atoms with Crippen molar-refractivity contribution < 1.29 is 57.0 Å². The van der Waals surface area contributed by atoms with Crippen LogP contribution in [0.3, 0.4) is 0 Å². The van der Waals surface area contributed by atoms with Crippen LogP contribution >= 0.6 is 0 Å². The molecule has 0 aliphatic carbocycles. The number of benzene rings is 3. The summed E-state index contributed by atoms with van der Waals surface area (Å²) in [5.74, 6) is -0.272. The van der Waals surface area contributed by atoms with Gasteiger partial charge in [0.25, 0.3) is 0 Å². The maximum atomic E-state index is 13.8. The average Bonchev–Trinajstić information content (AvgIpc) is 3.67. The largest absolute Gasteiger partial charge is 0.493 e. The van der Waals surface area contributed by atoms with Gasteiger partial charge in [-0.2, -0.15) is 0 Å². The quantitative estimate of drug-likeness (QED) is 0.215. The van der Waals surface area contributed by atoms with E-state index in [0.717, 1.165) is 0 Å². The maximum absolute atomic E-state index is 13.8. The second-order valence-electron chi connectivity index (χ2n) is 8.27. The smallest absolute Gasteiger partial charge is 0.344 e. The summed E-state index contributed by atoms with van der Waals surface area (Å²) in [7, 11) is 4.03. The average molecular weight is 552 g/mol. The lowest BCUT2D eigenvalue weighted by Gasteiger charge is -2.19. The number of ether oxygens (including phenoxy) is 9. The molecule has 3 aromatic carbocycles. The van der Waals surface area contributed by atoms with E-state index in [0.29, 0.717) is 11.8 Å². The summed E-state index contributed by atoms with van der Waals surface area (Å²) in [4.78, 5) is 38.1. The minimum Gasteiger partial charge on any atom is -0.493 e. The number of rotatable bonds is 9. The standard InChI is InChI=1S/C28H24O12/c1-5-35-18-8-14(11-29)6-7-17(18)40-28(31)16-10-20(33-3)24-26(39-13-37-24)22(16)21-15(27(30)34-4)9-19(32-2)23-25(21)38-12-36-23/h6-11H,5,12-13H2,1-4H3. The van der Waals surface area contributed by atoms with Crippen molar-refractivity contribution in [1.82, 2.24) is 0 Å². The highest BCUT2D eigenvalue weighted by molar-refractivity contribution is 6.09. The van der Waals surface area contributed by atoms with Gasteiger partial charge in [-0.3, -0.25) is 4.79 Å². The Morgan fingerprint density at radius 1 is 0.750 bits per heavy atom. The molecule has 5 rings (SSSR count). The van der Waals surface area contributed by atoms with Crippen molar-refractivity contribution >= 4 is 18.2 Å². The lowest BCUT2D eigenvalue weighted by atomic mass is 9.91. The van der Waals surface area contributed by atoms with Crippen LogP contribution in [-0.2, 0) is 4.74 Å². The number of aldehydes is 1. The lowest BCUT2D eigenvalue weighted by Crippen LogP contribution is -2.14. The number of methoxy groups -OCH3 is 3. The van der Waals surface area contributed by atoms with Crippen molar-refractivity contribution in [2.75, 3.05) is 41.5 Å². The number of fused-ring (bicyclic) bond motifs is 2. The first-order chi connectivity index (χ1) is 19.4. The van der Waals surface area contributed by atoms with E-state index in [1.54, 1.807) is 6.92 Å². The first kappa shape index (κ1) is 26.5. The summed E-state index contributed by atoms with van der Waals surface area (Å²) < 4.78 is 50.1. The Morgan fingerprint density at radius 3 is 1.80 bits per heavy atom. The van der Waals surface area contributed by atoms with Gasteiger partial charge in [0.2, 0.25) is 25.1 Å². The molecular weight excluding hydrogens is 528 g/mol. The molecule has 0 fully saturated rings. The van der Waals surface area contributed by atoms with Gasteiger partial charge in [0.05, 0.1) is 39.1 Å². The van der Waals surface area contributed by atoms with E-state index >= 15 is 0 Å². The molecule has 0 N–H and O–H groups in total. The third kappa shape index (κ3) is 4.42. The zero-order chi connectivity index (χ0) is 28.4. The number of hydrogen-bond acceptors (Lipinski definition) is 12. The van der Waals surface area contributed by atoms with Gasteiger partial charge in [0, 0.05) is 16.7 Å². The molecule has 0 unspecified atom stereocenters. The molecule has 12 nitrogen and oxygen atoms in total. The summed E-state index contributed by atoms with van der Waals surface area (Å²) in [6, 6.07) is 7.20. The van der Waals surface area contributed by atoms with Crippen LogP contribution in [0.2, 0.25) is 0 Å². The van der Waals surface area contributed by atoms with Crippen molar-refractivity contribution in [3.05, 3.63) is 47.0 Å². The van der Waals surface area contributed by atoms with Crippen LogP contribution in [-0.4, -0.2) is 59.7 Å². The van der Waals surface area contributed by atoms with Crippen LogP contribution in [0.5, 0.6) is 46.0 Å². The molecule has 2 heterocycles. The van der Waals surface area contributed by atoms with E-state index in [1.165, 1.54) is 51.7 Å². The molecular formula is C28H24O12. The summed E-state index contributed by atoms with van der Waals surface area (Å²) in [5.41, 5.74) is 0.535. The normalized spacial score (nSPS) is 12.5. The number of esters is 2. The predicted molar refractivity (Wildman–Crippen MR) is 137 cm³/mol. The summed E-state index contributed by atoms with van der Waals surface area (Å²) >= 11 is 0. The van der Waals surface area contributed by atoms with E-state index in [9.17, 15) is 14.4 Å². The van der Waals surface area contributed by atoms with E-state index in [2.05, 4.69) is 0 Å². The second-order valence-corrected chi connectivity index (χ2v) is 8.27. The first-order valence-electron chi connectivity index (χ1n) is 12.0. The van der Waals surface area contributed by atoms with Gasteiger partial charge in [-0.05, 0) is 37.3 Å². The highest BCUT2D eigenvalue weighted by atomic mass is 16.7. The highest BCUT2D eigenvalue weighted by Crippen LogP contribution is 2.56. The van der Waals surface area contributed by atoms with E-state index in [4.69, 9.17) is 42.6 Å². The fraction of sp³-hybridized carbons (Fsp3) is 0.250. The molecule has 0 aromatic heterocycles. The van der Waals surface area contributed by atoms with Crippen molar-refractivity contribution in [3.63, 3.8) is 0 Å². The monoisotopic (exact) mass is 552 g/mol. The summed E-state index contributed by atoms with van der Waals surface area (Å²) in [6.45, 7) is 1.66. The van der Waals surface area contributed by atoms with Crippen LogP contribution in [0.1, 0.15) is 38.0 Å². The molecule has 0 atom stereocenters. The molecule has 0 spiro atoms. The molecule has 208 valence electrons. The minimum atomic E-state index is -0.856. The van der Waals surface area contributed by atoms with Crippen molar-refractivity contribution in [3.8, 4) is 57.1 Å². The Morgan fingerprint density at radius 2 is 1.30 bits per heavy atom. The van der Waals surface area contributed by atoms with Gasteiger partial charge in [0.15, 0.2) is 34.5 Å². The van der Waals surface area contributed by atoms with Crippen LogP contribution in [0.15, 0.2) is 30.3 Å². The van der Waals surface area contributed by atoms with Crippen LogP contribution < -0.4 is 37.9 Å². The number of hydrogen-bond donors (Lipinski definition) is 0.